The number of nitrogens with one attached hydrogen (secondary N) is 1. The van der Waals surface area contributed by atoms with Gasteiger partial charge in [0.2, 0.25) is 0 Å². The molecule has 1 saturated heterocycles. The number of H-pyrrole nitrogens is 1. The third-order valence-corrected chi connectivity index (χ3v) is 5.15. The van der Waals surface area contributed by atoms with Crippen LogP contribution in [0.15, 0.2) is 36.7 Å². The van der Waals surface area contributed by atoms with E-state index in [1.807, 2.05) is 0 Å². The van der Waals surface area contributed by atoms with Crippen LogP contribution in [0, 0.1) is 5.92 Å². The smallest absolute Gasteiger partial charge is 0.341 e. The highest BCUT2D eigenvalue weighted by Gasteiger charge is 2.30. The molecule has 3 rings (SSSR count). The molecule has 0 aliphatic carbocycles. The summed E-state index contributed by atoms with van der Waals surface area (Å²) in [7, 11) is 1.77. The summed E-state index contributed by atoms with van der Waals surface area (Å²) in [5, 5.41) is 0. The summed E-state index contributed by atoms with van der Waals surface area (Å²) < 4.78 is 38.6. The minimum atomic E-state index is -4.31. The van der Waals surface area contributed by atoms with Gasteiger partial charge in [-0.2, -0.15) is 13.2 Å². The highest BCUT2D eigenvalue weighted by Crippen LogP contribution is 2.29. The fraction of sp³-hybridized carbons (Fsp3) is 0.500. The Labute approximate surface area is 162 Å². The average Bonchev–Trinajstić information content (AvgIpc) is 3.20. The number of rotatable bonds is 6. The summed E-state index contributed by atoms with van der Waals surface area (Å²) in [5.41, 5.74) is 0.0987. The number of nitrogens with zero attached hydrogens (tertiary/aromatic N) is 3. The zero-order valence-corrected chi connectivity index (χ0v) is 15.9. The number of imidazole rings is 1. The number of amides is 1. The molecule has 1 N–H and O–H groups in total. The van der Waals surface area contributed by atoms with Gasteiger partial charge >= 0.3 is 6.18 Å². The van der Waals surface area contributed by atoms with Crippen LogP contribution in [0.5, 0.6) is 0 Å². The molecule has 2 heterocycles. The van der Waals surface area contributed by atoms with E-state index in [-0.39, 0.29) is 5.91 Å². The molecule has 0 radical (unpaired) electrons. The normalized spacial score (nSPS) is 18.2. The Kier molecular flexibility index (Phi) is 6.39. The van der Waals surface area contributed by atoms with Crippen molar-refractivity contribution < 1.29 is 18.0 Å². The number of carbonyl (C=O) groups is 1. The van der Waals surface area contributed by atoms with Crippen molar-refractivity contribution in [2.45, 2.75) is 25.4 Å². The van der Waals surface area contributed by atoms with Crippen LogP contribution in [-0.2, 0) is 12.6 Å². The number of likely N-dealkylation sites (tertiary alicyclic amines) is 1. The Bertz CT molecular complexity index is 776. The van der Waals surface area contributed by atoms with Gasteiger partial charge in [0.1, 0.15) is 0 Å². The molecule has 1 aromatic carbocycles. The minimum absolute atomic E-state index is 0.133. The number of hydrogen-bond acceptors (Lipinski definition) is 3. The molecule has 28 heavy (non-hydrogen) atoms. The molecule has 1 unspecified atom stereocenters. The van der Waals surface area contributed by atoms with E-state index in [0.29, 0.717) is 36.8 Å². The molecule has 152 valence electrons. The standard InChI is InChI=1S/C20H25F3N4O/c1-26(19(28)18-24-8-9-25-18)13-16-5-3-10-27(14-16)11-7-15-4-2-6-17(12-15)20(21,22)23/h2,4,6,8-9,12,16H,3,5,7,10-11,13-14H2,1H3,(H,24,25). The highest BCUT2D eigenvalue weighted by atomic mass is 19.4. The van der Waals surface area contributed by atoms with Crippen LogP contribution in [0.1, 0.15) is 34.6 Å². The first kappa shape index (κ1) is 20.4. The van der Waals surface area contributed by atoms with Gasteiger partial charge in [0, 0.05) is 39.1 Å². The quantitative estimate of drug-likeness (QED) is 0.817. The first-order chi connectivity index (χ1) is 13.3. The van der Waals surface area contributed by atoms with E-state index in [9.17, 15) is 18.0 Å². The summed E-state index contributed by atoms with van der Waals surface area (Å²) in [6.45, 7) is 3.13. The van der Waals surface area contributed by atoms with Gasteiger partial charge in [-0.15, -0.1) is 0 Å². The van der Waals surface area contributed by atoms with E-state index in [2.05, 4.69) is 14.9 Å². The van der Waals surface area contributed by atoms with Gasteiger partial charge in [0.05, 0.1) is 5.56 Å². The van der Waals surface area contributed by atoms with Crippen molar-refractivity contribution in [2.24, 2.45) is 5.92 Å². The summed E-state index contributed by atoms with van der Waals surface area (Å²) >= 11 is 0. The maximum absolute atomic E-state index is 12.9. The fourth-order valence-electron chi connectivity index (χ4n) is 3.73. The van der Waals surface area contributed by atoms with Crippen molar-refractivity contribution in [3.8, 4) is 0 Å². The van der Waals surface area contributed by atoms with Crippen molar-refractivity contribution in [3.63, 3.8) is 0 Å². The van der Waals surface area contributed by atoms with E-state index in [0.717, 1.165) is 32.0 Å². The lowest BCUT2D eigenvalue weighted by Gasteiger charge is -2.34. The monoisotopic (exact) mass is 394 g/mol. The zero-order chi connectivity index (χ0) is 20.1. The Morgan fingerprint density at radius 3 is 2.93 bits per heavy atom. The molecule has 2 aromatic rings. The Morgan fingerprint density at radius 2 is 2.21 bits per heavy atom. The molecule has 0 spiro atoms. The van der Waals surface area contributed by atoms with E-state index in [4.69, 9.17) is 0 Å². The van der Waals surface area contributed by atoms with Crippen molar-refractivity contribution >= 4 is 5.91 Å². The number of hydrogen-bond donors (Lipinski definition) is 1. The topological polar surface area (TPSA) is 52.2 Å². The summed E-state index contributed by atoms with van der Waals surface area (Å²) in [6, 6.07) is 5.54. The lowest BCUT2D eigenvalue weighted by atomic mass is 9.97. The molecule has 0 saturated carbocycles. The summed E-state index contributed by atoms with van der Waals surface area (Å²) in [5.74, 6) is 0.546. The Morgan fingerprint density at radius 1 is 1.39 bits per heavy atom. The molecule has 0 bridgehead atoms. The van der Waals surface area contributed by atoms with E-state index in [1.54, 1.807) is 30.4 Å². The second kappa shape index (κ2) is 8.77. The highest BCUT2D eigenvalue weighted by molar-refractivity contribution is 5.90. The number of aromatic amines is 1. The van der Waals surface area contributed by atoms with Crippen LogP contribution in [0.2, 0.25) is 0 Å². The molecule has 1 aliphatic rings. The van der Waals surface area contributed by atoms with Crippen LogP contribution in [0.3, 0.4) is 0 Å². The summed E-state index contributed by atoms with van der Waals surface area (Å²) in [6.07, 6.45) is 1.51. The second-order valence-electron chi connectivity index (χ2n) is 7.38. The average molecular weight is 394 g/mol. The second-order valence-corrected chi connectivity index (χ2v) is 7.38. The minimum Gasteiger partial charge on any atom is -0.341 e. The predicted octanol–water partition coefficient (Wildman–Crippen LogP) is 3.46. The van der Waals surface area contributed by atoms with Crippen LogP contribution in [-0.4, -0.2) is 58.9 Å². The van der Waals surface area contributed by atoms with E-state index >= 15 is 0 Å². The first-order valence-corrected chi connectivity index (χ1v) is 9.46. The fourth-order valence-corrected chi connectivity index (χ4v) is 3.73. The number of halogens is 3. The first-order valence-electron chi connectivity index (χ1n) is 9.46. The molecule has 5 nitrogen and oxygen atoms in total. The van der Waals surface area contributed by atoms with Crippen LogP contribution < -0.4 is 0 Å². The van der Waals surface area contributed by atoms with E-state index < -0.39 is 11.7 Å². The SMILES string of the molecule is CN(CC1CCCN(CCc2cccc(C(F)(F)F)c2)C1)C(=O)c1ncc[nH]1. The lowest BCUT2D eigenvalue weighted by Crippen LogP contribution is -2.42. The van der Waals surface area contributed by atoms with Gasteiger partial charge < -0.3 is 14.8 Å². The van der Waals surface area contributed by atoms with E-state index in [1.165, 1.54) is 12.1 Å². The molecule has 8 heteroatoms. The van der Waals surface area contributed by atoms with Gasteiger partial charge in [-0.3, -0.25) is 4.79 Å². The van der Waals surface area contributed by atoms with Crippen molar-refractivity contribution in [2.75, 3.05) is 33.2 Å². The lowest BCUT2D eigenvalue weighted by molar-refractivity contribution is -0.137. The van der Waals surface area contributed by atoms with Crippen LogP contribution in [0.25, 0.3) is 0 Å². The molecule has 1 atom stereocenters. The maximum atomic E-state index is 12.9. The molecular weight excluding hydrogens is 369 g/mol. The van der Waals surface area contributed by atoms with Crippen molar-refractivity contribution in [3.05, 3.63) is 53.6 Å². The molecule has 1 amide bonds. The Balaban J connectivity index is 1.50. The molecular formula is C20H25F3N4O. The third kappa shape index (κ3) is 5.34. The van der Waals surface area contributed by atoms with Gasteiger partial charge in [0.25, 0.3) is 5.91 Å². The number of carbonyl (C=O) groups excluding carboxylic acids is 1. The number of alkyl halides is 3. The number of piperidine rings is 1. The van der Waals surface area contributed by atoms with Gasteiger partial charge in [-0.1, -0.05) is 18.2 Å². The van der Waals surface area contributed by atoms with Crippen molar-refractivity contribution in [1.82, 2.24) is 19.8 Å². The largest absolute Gasteiger partial charge is 0.416 e. The van der Waals surface area contributed by atoms with Crippen LogP contribution >= 0.6 is 0 Å². The van der Waals surface area contributed by atoms with Gasteiger partial charge in [0.15, 0.2) is 5.82 Å². The van der Waals surface area contributed by atoms with Gasteiger partial charge in [-0.25, -0.2) is 4.98 Å². The molecule has 1 fully saturated rings. The zero-order valence-electron chi connectivity index (χ0n) is 15.9. The maximum Gasteiger partial charge on any atom is 0.416 e. The third-order valence-electron chi connectivity index (χ3n) is 5.15. The summed E-state index contributed by atoms with van der Waals surface area (Å²) in [4.78, 5) is 23.1. The Hall–Kier alpha value is -2.35. The predicted molar refractivity (Wildman–Crippen MR) is 99.9 cm³/mol. The van der Waals surface area contributed by atoms with Crippen molar-refractivity contribution in [1.29, 1.82) is 0 Å². The van der Waals surface area contributed by atoms with Crippen LogP contribution in [0.4, 0.5) is 13.2 Å². The molecule has 1 aliphatic heterocycles. The number of aromatic nitrogens is 2. The molecule has 1 aromatic heterocycles. The number of benzene rings is 1. The van der Waals surface area contributed by atoms with Gasteiger partial charge in [-0.05, 0) is 43.4 Å².